The third-order valence-electron chi connectivity index (χ3n) is 2.82. The first-order valence-corrected chi connectivity index (χ1v) is 6.46. The molecule has 2 N–H and O–H groups in total. The van der Waals surface area contributed by atoms with Gasteiger partial charge in [0.25, 0.3) is 0 Å². The van der Waals surface area contributed by atoms with Gasteiger partial charge in [-0.1, -0.05) is 0 Å². The molecule has 0 saturated carbocycles. The van der Waals surface area contributed by atoms with Crippen molar-refractivity contribution in [3.63, 3.8) is 0 Å². The van der Waals surface area contributed by atoms with Crippen LogP contribution in [0.5, 0.6) is 5.75 Å². The van der Waals surface area contributed by atoms with Gasteiger partial charge in [-0.25, -0.2) is 4.68 Å². The van der Waals surface area contributed by atoms with Crippen LogP contribution in [0.1, 0.15) is 19.9 Å². The lowest BCUT2D eigenvalue weighted by Gasteiger charge is -2.13. The first kappa shape index (κ1) is 14.3. The molecule has 0 aliphatic heterocycles. The molecule has 0 bridgehead atoms. The first-order valence-electron chi connectivity index (χ1n) is 6.46. The predicted molar refractivity (Wildman–Crippen MR) is 75.4 cm³/mol. The van der Waals surface area contributed by atoms with Crippen molar-refractivity contribution in [3.8, 4) is 17.1 Å². The molecule has 0 spiro atoms. The van der Waals surface area contributed by atoms with Gasteiger partial charge in [-0.2, -0.15) is 0 Å². The number of hydrogen-bond acceptors (Lipinski definition) is 6. The Bertz CT molecular complexity index is 570. The minimum atomic E-state index is 0.0296. The standard InChI is InChI=1S/C13H19N5O2/c1-4-20-12-6-10(5-11(14)7-12)13-15-16-17-18(13)9(2)8-19-3/h5-7,9H,4,8,14H2,1-3H3. The number of hydrogen-bond donors (Lipinski definition) is 1. The van der Waals surface area contributed by atoms with E-state index >= 15 is 0 Å². The van der Waals surface area contributed by atoms with Crippen molar-refractivity contribution in [1.82, 2.24) is 20.2 Å². The molecule has 1 aromatic carbocycles. The van der Waals surface area contributed by atoms with E-state index in [0.29, 0.717) is 30.5 Å². The maximum Gasteiger partial charge on any atom is 0.182 e. The van der Waals surface area contributed by atoms with Gasteiger partial charge in [-0.15, -0.1) is 5.10 Å². The van der Waals surface area contributed by atoms with E-state index in [1.807, 2.05) is 26.0 Å². The van der Waals surface area contributed by atoms with Crippen molar-refractivity contribution in [2.45, 2.75) is 19.9 Å². The van der Waals surface area contributed by atoms with Crippen molar-refractivity contribution < 1.29 is 9.47 Å². The van der Waals surface area contributed by atoms with Crippen LogP contribution < -0.4 is 10.5 Å². The van der Waals surface area contributed by atoms with Crippen molar-refractivity contribution in [2.24, 2.45) is 0 Å². The zero-order valence-electron chi connectivity index (χ0n) is 11.9. The van der Waals surface area contributed by atoms with E-state index in [-0.39, 0.29) is 6.04 Å². The summed E-state index contributed by atoms with van der Waals surface area (Å²) in [4.78, 5) is 0. The maximum atomic E-state index is 5.90. The molecule has 0 amide bonds. The van der Waals surface area contributed by atoms with E-state index in [4.69, 9.17) is 15.2 Å². The van der Waals surface area contributed by atoms with Gasteiger partial charge in [0.2, 0.25) is 0 Å². The number of nitrogen functional groups attached to an aromatic ring is 1. The summed E-state index contributed by atoms with van der Waals surface area (Å²) in [6.07, 6.45) is 0. The molecule has 108 valence electrons. The summed E-state index contributed by atoms with van der Waals surface area (Å²) < 4.78 is 12.3. The van der Waals surface area contributed by atoms with Gasteiger partial charge in [0.1, 0.15) is 5.75 Å². The van der Waals surface area contributed by atoms with Crippen molar-refractivity contribution >= 4 is 5.69 Å². The van der Waals surface area contributed by atoms with E-state index in [9.17, 15) is 0 Å². The van der Waals surface area contributed by atoms with Gasteiger partial charge in [-0.05, 0) is 36.4 Å². The predicted octanol–water partition coefficient (Wildman–Crippen LogP) is 1.53. The van der Waals surface area contributed by atoms with E-state index in [1.165, 1.54) is 0 Å². The number of benzene rings is 1. The highest BCUT2D eigenvalue weighted by molar-refractivity contribution is 5.64. The fraction of sp³-hybridized carbons (Fsp3) is 0.462. The Morgan fingerprint density at radius 2 is 2.15 bits per heavy atom. The minimum absolute atomic E-state index is 0.0296. The average molecular weight is 277 g/mol. The minimum Gasteiger partial charge on any atom is -0.494 e. The summed E-state index contributed by atoms with van der Waals surface area (Å²) in [7, 11) is 1.65. The number of methoxy groups -OCH3 is 1. The second-order valence-electron chi connectivity index (χ2n) is 4.48. The normalized spacial score (nSPS) is 12.3. The number of rotatable bonds is 6. The molecular formula is C13H19N5O2. The molecule has 7 nitrogen and oxygen atoms in total. The van der Waals surface area contributed by atoms with Gasteiger partial charge in [-0.3, -0.25) is 0 Å². The Kier molecular flexibility index (Phi) is 4.52. The molecule has 7 heteroatoms. The molecule has 0 aliphatic rings. The van der Waals surface area contributed by atoms with E-state index in [0.717, 1.165) is 5.56 Å². The molecule has 2 aromatic rings. The number of ether oxygens (including phenoxy) is 2. The number of anilines is 1. The van der Waals surface area contributed by atoms with Crippen molar-refractivity contribution in [2.75, 3.05) is 26.1 Å². The Hall–Kier alpha value is -2.15. The zero-order chi connectivity index (χ0) is 14.5. The highest BCUT2D eigenvalue weighted by Gasteiger charge is 2.15. The maximum absolute atomic E-state index is 5.90. The van der Waals surface area contributed by atoms with Crippen LogP contribution in [0, 0.1) is 0 Å². The molecule has 1 unspecified atom stereocenters. The smallest absolute Gasteiger partial charge is 0.182 e. The lowest BCUT2D eigenvalue weighted by atomic mass is 10.1. The molecule has 1 heterocycles. The monoisotopic (exact) mass is 277 g/mol. The van der Waals surface area contributed by atoms with Crippen LogP contribution in [0.2, 0.25) is 0 Å². The number of aromatic nitrogens is 4. The average Bonchev–Trinajstić information content (AvgIpc) is 2.88. The van der Waals surface area contributed by atoms with Crippen molar-refractivity contribution in [3.05, 3.63) is 18.2 Å². The number of nitrogens with zero attached hydrogens (tertiary/aromatic N) is 4. The summed E-state index contributed by atoms with van der Waals surface area (Å²) in [5.74, 6) is 1.35. The molecule has 0 fully saturated rings. The summed E-state index contributed by atoms with van der Waals surface area (Å²) in [6, 6.07) is 5.51. The van der Waals surface area contributed by atoms with Gasteiger partial charge in [0.15, 0.2) is 5.82 Å². The molecule has 1 atom stereocenters. The van der Waals surface area contributed by atoms with Gasteiger partial charge in [0.05, 0.1) is 19.3 Å². The quantitative estimate of drug-likeness (QED) is 0.805. The van der Waals surface area contributed by atoms with Crippen LogP contribution in [-0.4, -0.2) is 40.5 Å². The topological polar surface area (TPSA) is 88.1 Å². The number of nitrogens with two attached hydrogens (primary N) is 1. The summed E-state index contributed by atoms with van der Waals surface area (Å²) >= 11 is 0. The Labute approximate surface area is 117 Å². The highest BCUT2D eigenvalue weighted by atomic mass is 16.5. The molecule has 20 heavy (non-hydrogen) atoms. The van der Waals surface area contributed by atoms with Gasteiger partial charge >= 0.3 is 0 Å². The van der Waals surface area contributed by atoms with Crippen LogP contribution in [0.25, 0.3) is 11.4 Å². The molecule has 0 saturated heterocycles. The Morgan fingerprint density at radius 3 is 2.85 bits per heavy atom. The van der Waals surface area contributed by atoms with E-state index < -0.39 is 0 Å². The van der Waals surface area contributed by atoms with Gasteiger partial charge < -0.3 is 15.2 Å². The second kappa shape index (κ2) is 6.33. The summed E-state index contributed by atoms with van der Waals surface area (Å²) in [5.41, 5.74) is 7.33. The third kappa shape index (κ3) is 3.05. The Balaban J connectivity index is 2.39. The van der Waals surface area contributed by atoms with Crippen LogP contribution >= 0.6 is 0 Å². The van der Waals surface area contributed by atoms with E-state index in [2.05, 4.69) is 15.5 Å². The van der Waals surface area contributed by atoms with Crippen LogP contribution in [-0.2, 0) is 4.74 Å². The van der Waals surface area contributed by atoms with Crippen LogP contribution in [0.15, 0.2) is 18.2 Å². The van der Waals surface area contributed by atoms with Crippen molar-refractivity contribution in [1.29, 1.82) is 0 Å². The molecule has 0 aliphatic carbocycles. The number of tetrazole rings is 1. The molecular weight excluding hydrogens is 258 g/mol. The third-order valence-corrected chi connectivity index (χ3v) is 2.82. The fourth-order valence-electron chi connectivity index (χ4n) is 1.99. The molecule has 0 radical (unpaired) electrons. The summed E-state index contributed by atoms with van der Waals surface area (Å²) in [5, 5.41) is 11.8. The first-order chi connectivity index (χ1) is 9.65. The van der Waals surface area contributed by atoms with Crippen LogP contribution in [0.4, 0.5) is 5.69 Å². The Morgan fingerprint density at radius 1 is 1.35 bits per heavy atom. The van der Waals surface area contributed by atoms with Gasteiger partial charge in [0, 0.05) is 24.4 Å². The lowest BCUT2D eigenvalue weighted by Crippen LogP contribution is -2.14. The highest BCUT2D eigenvalue weighted by Crippen LogP contribution is 2.27. The van der Waals surface area contributed by atoms with E-state index in [1.54, 1.807) is 17.9 Å². The fourth-order valence-corrected chi connectivity index (χ4v) is 1.99. The van der Waals surface area contributed by atoms with Crippen LogP contribution in [0.3, 0.4) is 0 Å². The lowest BCUT2D eigenvalue weighted by molar-refractivity contribution is 0.156. The SMILES string of the molecule is CCOc1cc(N)cc(-c2nnnn2C(C)COC)c1. The largest absolute Gasteiger partial charge is 0.494 e. The zero-order valence-corrected chi connectivity index (χ0v) is 11.9. The molecule has 2 rings (SSSR count). The summed E-state index contributed by atoms with van der Waals surface area (Å²) in [6.45, 7) is 5.01. The second-order valence-corrected chi connectivity index (χ2v) is 4.48. The molecule has 1 aromatic heterocycles.